The van der Waals surface area contributed by atoms with E-state index in [1.165, 1.54) is 30.5 Å². The maximum absolute atomic E-state index is 14.4. The summed E-state index contributed by atoms with van der Waals surface area (Å²) in [5.41, 5.74) is 4.92. The van der Waals surface area contributed by atoms with Gasteiger partial charge in [0, 0.05) is 11.8 Å². The van der Waals surface area contributed by atoms with E-state index in [-0.39, 0.29) is 16.9 Å². The minimum absolute atomic E-state index is 0.181. The summed E-state index contributed by atoms with van der Waals surface area (Å²) in [4.78, 5) is 27.0. The summed E-state index contributed by atoms with van der Waals surface area (Å²) in [6.07, 6.45) is 0.747. The number of amides is 2. The van der Waals surface area contributed by atoms with Crippen molar-refractivity contribution in [3.63, 3.8) is 0 Å². The largest absolute Gasteiger partial charge is 0.444 e. The average molecular weight is 331 g/mol. The molecule has 0 bridgehead atoms. The van der Waals surface area contributed by atoms with E-state index >= 15 is 0 Å². The van der Waals surface area contributed by atoms with Crippen molar-refractivity contribution in [1.82, 2.24) is 4.98 Å². The molecule has 7 heteroatoms. The van der Waals surface area contributed by atoms with E-state index in [0.29, 0.717) is 5.56 Å². The van der Waals surface area contributed by atoms with Crippen molar-refractivity contribution in [3.8, 4) is 11.1 Å². The highest BCUT2D eigenvalue weighted by Gasteiger charge is 2.17. The van der Waals surface area contributed by atoms with Crippen molar-refractivity contribution in [3.05, 3.63) is 47.9 Å². The van der Waals surface area contributed by atoms with Gasteiger partial charge in [-0.2, -0.15) is 0 Å². The molecule has 6 nitrogen and oxygen atoms in total. The SMILES string of the molecule is CC(C)(C)OC(=O)Nc1cc(-c2cccc(C(N)=O)c2F)ccn1. The fraction of sp³-hybridized carbons (Fsp3) is 0.235. The zero-order chi connectivity index (χ0) is 17.9. The van der Waals surface area contributed by atoms with Gasteiger partial charge in [0.1, 0.15) is 17.2 Å². The van der Waals surface area contributed by atoms with Gasteiger partial charge in [-0.1, -0.05) is 12.1 Å². The van der Waals surface area contributed by atoms with Crippen LogP contribution >= 0.6 is 0 Å². The number of halogens is 1. The highest BCUT2D eigenvalue weighted by molar-refractivity contribution is 5.94. The molecule has 1 aromatic heterocycles. The van der Waals surface area contributed by atoms with Gasteiger partial charge in [0.05, 0.1) is 5.56 Å². The fourth-order valence-corrected chi connectivity index (χ4v) is 2.02. The third kappa shape index (κ3) is 4.28. The lowest BCUT2D eigenvalue weighted by Crippen LogP contribution is -2.27. The molecule has 24 heavy (non-hydrogen) atoms. The predicted octanol–water partition coefficient (Wildman–Crippen LogP) is 3.33. The first-order chi connectivity index (χ1) is 11.2. The van der Waals surface area contributed by atoms with Gasteiger partial charge in [-0.15, -0.1) is 0 Å². The van der Waals surface area contributed by atoms with E-state index in [1.54, 1.807) is 26.8 Å². The molecule has 0 aliphatic rings. The predicted molar refractivity (Wildman–Crippen MR) is 88.0 cm³/mol. The maximum atomic E-state index is 14.4. The monoisotopic (exact) mass is 331 g/mol. The van der Waals surface area contributed by atoms with Crippen molar-refractivity contribution in [2.75, 3.05) is 5.32 Å². The number of hydrogen-bond donors (Lipinski definition) is 2. The number of carbonyl (C=O) groups is 2. The third-order valence-electron chi connectivity index (χ3n) is 2.96. The first-order valence-corrected chi connectivity index (χ1v) is 7.22. The first kappa shape index (κ1) is 17.4. The highest BCUT2D eigenvalue weighted by Crippen LogP contribution is 2.26. The minimum atomic E-state index is -0.851. The number of ether oxygens (including phenoxy) is 1. The van der Waals surface area contributed by atoms with E-state index in [1.807, 2.05) is 0 Å². The van der Waals surface area contributed by atoms with E-state index in [4.69, 9.17) is 10.5 Å². The van der Waals surface area contributed by atoms with Crippen molar-refractivity contribution in [2.45, 2.75) is 26.4 Å². The van der Waals surface area contributed by atoms with Gasteiger partial charge in [-0.25, -0.2) is 14.2 Å². The fourth-order valence-electron chi connectivity index (χ4n) is 2.02. The summed E-state index contributed by atoms with van der Waals surface area (Å²) in [6.45, 7) is 5.21. The molecule has 0 radical (unpaired) electrons. The van der Waals surface area contributed by atoms with Gasteiger partial charge < -0.3 is 10.5 Å². The molecule has 0 aliphatic heterocycles. The van der Waals surface area contributed by atoms with Gasteiger partial charge >= 0.3 is 6.09 Å². The molecule has 2 amide bonds. The standard InChI is InChI=1S/C17H18FN3O3/c1-17(2,3)24-16(23)21-13-9-10(7-8-20-13)11-5-4-6-12(14(11)18)15(19)22/h4-9H,1-3H3,(H2,19,22)(H,20,21,23). The molecule has 0 unspecified atom stereocenters. The molecule has 3 N–H and O–H groups in total. The molecule has 0 atom stereocenters. The Kier molecular flexibility index (Phi) is 4.82. The number of carbonyl (C=O) groups excluding carboxylic acids is 2. The molecule has 0 aliphatic carbocycles. The Morgan fingerprint density at radius 3 is 2.58 bits per heavy atom. The number of nitrogens with zero attached hydrogens (tertiary/aromatic N) is 1. The smallest absolute Gasteiger partial charge is 0.413 e. The molecule has 0 saturated heterocycles. The molecule has 0 fully saturated rings. The number of pyridine rings is 1. The zero-order valence-electron chi connectivity index (χ0n) is 13.6. The number of rotatable bonds is 3. The Balaban J connectivity index is 2.30. The Morgan fingerprint density at radius 1 is 1.25 bits per heavy atom. The van der Waals surface area contributed by atoms with Crippen LogP contribution in [0.25, 0.3) is 11.1 Å². The van der Waals surface area contributed by atoms with Gasteiger partial charge in [0.2, 0.25) is 0 Å². The van der Waals surface area contributed by atoms with Crippen LogP contribution in [0.4, 0.5) is 15.0 Å². The summed E-state index contributed by atoms with van der Waals surface area (Å²) in [6, 6.07) is 7.38. The summed E-state index contributed by atoms with van der Waals surface area (Å²) in [7, 11) is 0. The molecule has 0 spiro atoms. The van der Waals surface area contributed by atoms with Gasteiger partial charge in [-0.3, -0.25) is 10.1 Å². The van der Waals surface area contributed by atoms with E-state index in [9.17, 15) is 14.0 Å². The summed E-state index contributed by atoms with van der Waals surface area (Å²) in [5.74, 6) is -1.37. The van der Waals surface area contributed by atoms with Gasteiger partial charge in [0.15, 0.2) is 0 Å². The Bertz CT molecular complexity index is 785. The van der Waals surface area contributed by atoms with Crippen LogP contribution in [-0.4, -0.2) is 22.6 Å². The second kappa shape index (κ2) is 6.66. The maximum Gasteiger partial charge on any atom is 0.413 e. The van der Waals surface area contributed by atoms with E-state index in [2.05, 4.69) is 10.3 Å². The third-order valence-corrected chi connectivity index (χ3v) is 2.96. The molecular weight excluding hydrogens is 313 g/mol. The van der Waals surface area contributed by atoms with Crippen molar-refractivity contribution in [1.29, 1.82) is 0 Å². The van der Waals surface area contributed by atoms with Crippen molar-refractivity contribution < 1.29 is 18.7 Å². The molecule has 2 rings (SSSR count). The van der Waals surface area contributed by atoms with E-state index in [0.717, 1.165) is 0 Å². The number of primary amides is 1. The Labute approximate surface area is 138 Å². The number of anilines is 1. The van der Waals surface area contributed by atoms with Crippen LogP contribution in [0.1, 0.15) is 31.1 Å². The van der Waals surface area contributed by atoms with Gasteiger partial charge in [0.25, 0.3) is 5.91 Å². The summed E-state index contributed by atoms with van der Waals surface area (Å²) < 4.78 is 19.5. The molecule has 2 aromatic rings. The molecular formula is C17H18FN3O3. The van der Waals surface area contributed by atoms with Crippen LogP contribution < -0.4 is 11.1 Å². The van der Waals surface area contributed by atoms with Crippen LogP contribution in [0.5, 0.6) is 0 Å². The highest BCUT2D eigenvalue weighted by atomic mass is 19.1. The van der Waals surface area contributed by atoms with Gasteiger partial charge in [-0.05, 0) is 44.5 Å². The van der Waals surface area contributed by atoms with E-state index < -0.39 is 23.4 Å². The lowest BCUT2D eigenvalue weighted by molar-refractivity contribution is 0.0635. The van der Waals surface area contributed by atoms with Crippen LogP contribution in [0.15, 0.2) is 36.5 Å². The Hall–Kier alpha value is -2.96. The number of hydrogen-bond acceptors (Lipinski definition) is 4. The topological polar surface area (TPSA) is 94.3 Å². The molecule has 1 heterocycles. The number of aromatic nitrogens is 1. The van der Waals surface area contributed by atoms with Crippen LogP contribution in [-0.2, 0) is 4.74 Å². The number of benzene rings is 1. The van der Waals surface area contributed by atoms with Crippen molar-refractivity contribution in [2.24, 2.45) is 5.73 Å². The number of nitrogens with one attached hydrogen (secondary N) is 1. The van der Waals surface area contributed by atoms with Crippen LogP contribution in [0.2, 0.25) is 0 Å². The van der Waals surface area contributed by atoms with Crippen molar-refractivity contribution >= 4 is 17.8 Å². The molecule has 126 valence electrons. The zero-order valence-corrected chi connectivity index (χ0v) is 13.6. The first-order valence-electron chi connectivity index (χ1n) is 7.22. The molecule has 1 aromatic carbocycles. The quantitative estimate of drug-likeness (QED) is 0.902. The Morgan fingerprint density at radius 2 is 1.96 bits per heavy atom. The normalized spacial score (nSPS) is 11.0. The summed E-state index contributed by atoms with van der Waals surface area (Å²) >= 11 is 0. The average Bonchev–Trinajstić information content (AvgIpc) is 2.45. The van der Waals surface area contributed by atoms with Crippen LogP contribution in [0, 0.1) is 5.82 Å². The second-order valence-electron chi connectivity index (χ2n) is 6.09. The van der Waals surface area contributed by atoms with Crippen LogP contribution in [0.3, 0.4) is 0 Å². The summed E-state index contributed by atoms with van der Waals surface area (Å²) in [5, 5.41) is 2.48. The minimum Gasteiger partial charge on any atom is -0.444 e. The lowest BCUT2D eigenvalue weighted by Gasteiger charge is -2.19. The second-order valence-corrected chi connectivity index (χ2v) is 6.09. The lowest BCUT2D eigenvalue weighted by atomic mass is 10.0. The molecule has 0 saturated carbocycles. The number of nitrogens with two attached hydrogens (primary N) is 1.